The normalized spacial score (nSPS) is 11.2. The number of anilines is 1. The Morgan fingerprint density at radius 3 is 2.50 bits per heavy atom. The minimum absolute atomic E-state index is 0.0564. The van der Waals surface area contributed by atoms with Crippen LogP contribution in [0.15, 0.2) is 35.2 Å². The average Bonchev–Trinajstić information content (AvgIpc) is 2.75. The first-order valence-electron chi connectivity index (χ1n) is 6.43. The van der Waals surface area contributed by atoms with E-state index < -0.39 is 10.0 Å². The van der Waals surface area contributed by atoms with Crippen molar-refractivity contribution in [2.24, 2.45) is 12.2 Å². The zero-order chi connectivity index (χ0) is 16.3. The van der Waals surface area contributed by atoms with Gasteiger partial charge < -0.3 is 10.6 Å². The molecule has 9 heteroatoms. The quantitative estimate of drug-likeness (QED) is 0.714. The van der Waals surface area contributed by atoms with Crippen LogP contribution in [0.2, 0.25) is 0 Å². The molecule has 0 radical (unpaired) electrons. The van der Waals surface area contributed by atoms with Crippen LogP contribution < -0.4 is 15.8 Å². The summed E-state index contributed by atoms with van der Waals surface area (Å²) in [5.41, 5.74) is 2.62. The number of hydrogen-bond acceptors (Lipinski definition) is 4. The summed E-state index contributed by atoms with van der Waals surface area (Å²) in [7, 11) is -1.81. The van der Waals surface area contributed by atoms with Crippen molar-refractivity contribution < 1.29 is 8.42 Å². The van der Waals surface area contributed by atoms with Crippen molar-refractivity contribution in [1.82, 2.24) is 15.1 Å². The smallest absolute Gasteiger partial charge is 0.238 e. The molecule has 2 rings (SSSR count). The van der Waals surface area contributed by atoms with E-state index in [4.69, 9.17) is 17.4 Å². The Bertz CT molecular complexity index is 762. The summed E-state index contributed by atoms with van der Waals surface area (Å²) in [4.78, 5) is 0.0564. The summed E-state index contributed by atoms with van der Waals surface area (Å²) >= 11 is 5.18. The second-order valence-corrected chi connectivity index (χ2v) is 6.75. The first-order valence-corrected chi connectivity index (χ1v) is 8.38. The van der Waals surface area contributed by atoms with Crippen LogP contribution in [-0.4, -0.2) is 23.3 Å². The molecule has 0 fully saturated rings. The van der Waals surface area contributed by atoms with Gasteiger partial charge in [0.1, 0.15) is 0 Å². The van der Waals surface area contributed by atoms with Gasteiger partial charge in [0.05, 0.1) is 17.1 Å². The summed E-state index contributed by atoms with van der Waals surface area (Å²) in [5, 5.41) is 15.8. The Morgan fingerprint density at radius 2 is 2.00 bits per heavy atom. The van der Waals surface area contributed by atoms with Crippen LogP contribution in [-0.2, 0) is 23.6 Å². The molecule has 1 heterocycles. The number of nitrogens with zero attached hydrogens (tertiary/aromatic N) is 2. The Balaban J connectivity index is 1.92. The van der Waals surface area contributed by atoms with Crippen LogP contribution in [0.5, 0.6) is 0 Å². The van der Waals surface area contributed by atoms with Crippen molar-refractivity contribution in [3.63, 3.8) is 0 Å². The predicted molar refractivity (Wildman–Crippen MR) is 88.8 cm³/mol. The third-order valence-electron chi connectivity index (χ3n) is 3.04. The number of nitrogens with two attached hydrogens (primary N) is 1. The summed E-state index contributed by atoms with van der Waals surface area (Å²) in [6.07, 6.45) is 0. The number of aromatic nitrogens is 2. The molecular formula is C13H17N5O2S2. The fourth-order valence-corrected chi connectivity index (χ4v) is 2.50. The third-order valence-corrected chi connectivity index (χ3v) is 4.21. The van der Waals surface area contributed by atoms with Gasteiger partial charge in [0.15, 0.2) is 5.11 Å². The summed E-state index contributed by atoms with van der Waals surface area (Å²) < 4.78 is 24.1. The predicted octanol–water partition coefficient (Wildman–Crippen LogP) is 0.863. The monoisotopic (exact) mass is 339 g/mol. The molecule has 2 aromatic rings. The molecule has 22 heavy (non-hydrogen) atoms. The number of hydrogen-bond donors (Lipinski definition) is 3. The number of benzene rings is 1. The maximum Gasteiger partial charge on any atom is 0.238 e. The van der Waals surface area contributed by atoms with E-state index in [0.717, 1.165) is 11.4 Å². The number of primary sulfonamides is 1. The van der Waals surface area contributed by atoms with Crippen LogP contribution in [0.1, 0.15) is 11.4 Å². The molecule has 0 spiro atoms. The molecule has 0 aliphatic heterocycles. The molecule has 7 nitrogen and oxygen atoms in total. The fourth-order valence-electron chi connectivity index (χ4n) is 1.80. The highest BCUT2D eigenvalue weighted by Gasteiger charge is 2.07. The molecule has 0 saturated heterocycles. The van der Waals surface area contributed by atoms with Gasteiger partial charge in [-0.15, -0.1) is 0 Å². The molecule has 0 amide bonds. The minimum Gasteiger partial charge on any atom is -0.357 e. The van der Waals surface area contributed by atoms with Crippen LogP contribution >= 0.6 is 12.2 Å². The largest absolute Gasteiger partial charge is 0.357 e. The summed E-state index contributed by atoms with van der Waals surface area (Å²) in [6, 6.07) is 8.00. The first kappa shape index (κ1) is 16.4. The van der Waals surface area contributed by atoms with E-state index in [9.17, 15) is 8.42 Å². The lowest BCUT2D eigenvalue weighted by Crippen LogP contribution is -2.28. The zero-order valence-corrected chi connectivity index (χ0v) is 13.8. The van der Waals surface area contributed by atoms with Crippen molar-refractivity contribution in [2.45, 2.75) is 18.4 Å². The minimum atomic E-state index is -3.68. The Labute approximate surface area is 134 Å². The van der Waals surface area contributed by atoms with Crippen molar-refractivity contribution >= 4 is 33.0 Å². The van der Waals surface area contributed by atoms with Gasteiger partial charge in [-0.2, -0.15) is 5.10 Å². The van der Waals surface area contributed by atoms with Crippen molar-refractivity contribution in [3.8, 4) is 0 Å². The van der Waals surface area contributed by atoms with Gasteiger partial charge in [-0.25, -0.2) is 13.6 Å². The number of thiocarbonyl (C=S) groups is 1. The van der Waals surface area contributed by atoms with Crippen LogP contribution in [0.25, 0.3) is 0 Å². The van der Waals surface area contributed by atoms with E-state index in [-0.39, 0.29) is 4.90 Å². The maximum absolute atomic E-state index is 11.2. The highest BCUT2D eigenvalue weighted by Crippen LogP contribution is 2.12. The first-order chi connectivity index (χ1) is 10.3. The molecule has 0 atom stereocenters. The summed E-state index contributed by atoms with van der Waals surface area (Å²) in [5.74, 6) is 0. The molecule has 0 aliphatic carbocycles. The fraction of sp³-hybridized carbons (Fsp3) is 0.231. The highest BCUT2D eigenvalue weighted by atomic mass is 32.2. The van der Waals surface area contributed by atoms with Crippen LogP contribution in [0.4, 0.5) is 5.69 Å². The van der Waals surface area contributed by atoms with Gasteiger partial charge >= 0.3 is 0 Å². The topological polar surface area (TPSA) is 102 Å². The van der Waals surface area contributed by atoms with Gasteiger partial charge in [-0.3, -0.25) is 4.68 Å². The second-order valence-electron chi connectivity index (χ2n) is 4.78. The molecule has 0 unspecified atom stereocenters. The Hall–Kier alpha value is -1.97. The molecule has 118 valence electrons. The van der Waals surface area contributed by atoms with Crippen LogP contribution in [0, 0.1) is 6.92 Å². The SMILES string of the molecule is Cc1cc(CNC(=S)Nc2ccc(S(N)(=O)=O)cc2)nn1C. The molecule has 1 aromatic carbocycles. The summed E-state index contributed by atoms with van der Waals surface area (Å²) in [6.45, 7) is 2.48. The molecule has 1 aromatic heterocycles. The second kappa shape index (κ2) is 6.42. The van der Waals surface area contributed by atoms with E-state index >= 15 is 0 Å². The van der Waals surface area contributed by atoms with Crippen molar-refractivity contribution in [3.05, 3.63) is 41.7 Å². The van der Waals surface area contributed by atoms with Crippen molar-refractivity contribution in [1.29, 1.82) is 0 Å². The van der Waals surface area contributed by atoms with Gasteiger partial charge in [-0.05, 0) is 49.5 Å². The maximum atomic E-state index is 11.2. The third kappa shape index (κ3) is 4.26. The number of rotatable bonds is 4. The van der Waals surface area contributed by atoms with Gasteiger partial charge in [0.2, 0.25) is 10.0 Å². The lowest BCUT2D eigenvalue weighted by Gasteiger charge is -2.09. The Morgan fingerprint density at radius 1 is 1.36 bits per heavy atom. The average molecular weight is 339 g/mol. The van der Waals surface area contributed by atoms with E-state index in [1.165, 1.54) is 12.1 Å². The van der Waals surface area contributed by atoms with E-state index in [1.54, 1.807) is 16.8 Å². The van der Waals surface area contributed by atoms with Gasteiger partial charge in [-0.1, -0.05) is 0 Å². The van der Waals surface area contributed by atoms with E-state index in [1.807, 2.05) is 20.0 Å². The van der Waals surface area contributed by atoms with E-state index in [0.29, 0.717) is 17.3 Å². The highest BCUT2D eigenvalue weighted by molar-refractivity contribution is 7.89. The molecule has 0 aliphatic rings. The number of sulfonamides is 1. The molecule has 0 saturated carbocycles. The van der Waals surface area contributed by atoms with E-state index in [2.05, 4.69) is 15.7 Å². The van der Waals surface area contributed by atoms with Crippen molar-refractivity contribution in [2.75, 3.05) is 5.32 Å². The standard InChI is InChI=1S/C13H17N5O2S2/c1-9-7-11(17-18(9)2)8-15-13(21)16-10-3-5-12(6-4-10)22(14,19)20/h3-7H,8H2,1-2H3,(H2,14,19,20)(H2,15,16,21). The zero-order valence-electron chi connectivity index (χ0n) is 12.2. The molecular weight excluding hydrogens is 322 g/mol. The number of aryl methyl sites for hydroxylation is 2. The van der Waals surface area contributed by atoms with Crippen LogP contribution in [0.3, 0.4) is 0 Å². The number of nitrogens with one attached hydrogen (secondary N) is 2. The van der Waals surface area contributed by atoms with Gasteiger partial charge in [0.25, 0.3) is 0 Å². The molecule has 0 bridgehead atoms. The lowest BCUT2D eigenvalue weighted by molar-refractivity contribution is 0.598. The molecule has 4 N–H and O–H groups in total. The van der Waals surface area contributed by atoms with Gasteiger partial charge in [0, 0.05) is 18.4 Å². The lowest BCUT2D eigenvalue weighted by atomic mass is 10.3. The Kier molecular flexibility index (Phi) is 4.79.